The molecule has 0 saturated carbocycles. The number of hydrogen-bond acceptors (Lipinski definition) is 4. The van der Waals surface area contributed by atoms with E-state index in [9.17, 15) is 4.79 Å². The maximum atomic E-state index is 12.0. The molecule has 5 heteroatoms. The van der Waals surface area contributed by atoms with Crippen LogP contribution in [0.15, 0.2) is 35.3 Å². The van der Waals surface area contributed by atoms with Crippen LogP contribution in [0.3, 0.4) is 0 Å². The lowest BCUT2D eigenvalue weighted by atomic mass is 10.2. The van der Waals surface area contributed by atoms with Gasteiger partial charge in [-0.25, -0.2) is 10.8 Å². The third kappa shape index (κ3) is 2.24. The summed E-state index contributed by atoms with van der Waals surface area (Å²) in [6.45, 7) is 0.569. The summed E-state index contributed by atoms with van der Waals surface area (Å²) in [6.07, 6.45) is 4.94. The molecular formula is C14H16N4O. The van der Waals surface area contributed by atoms with Crippen molar-refractivity contribution in [3.05, 3.63) is 57.6 Å². The number of fused-ring (bicyclic) bond motifs is 1. The number of nitrogens with one attached hydrogen (secondary N) is 1. The Bertz CT molecular complexity index is 645. The number of pyridine rings is 2. The van der Waals surface area contributed by atoms with Crippen molar-refractivity contribution in [2.75, 3.05) is 5.43 Å². The van der Waals surface area contributed by atoms with Crippen LogP contribution in [0.5, 0.6) is 0 Å². The Morgan fingerprint density at radius 1 is 1.26 bits per heavy atom. The number of aryl methyl sites for hydroxylation is 1. The Morgan fingerprint density at radius 3 is 2.89 bits per heavy atom. The van der Waals surface area contributed by atoms with E-state index in [1.165, 1.54) is 11.3 Å². The number of hydrogen-bond donors (Lipinski definition) is 2. The van der Waals surface area contributed by atoms with Crippen molar-refractivity contribution in [2.24, 2.45) is 5.84 Å². The summed E-state index contributed by atoms with van der Waals surface area (Å²) in [5.74, 6) is 5.90. The van der Waals surface area contributed by atoms with E-state index in [4.69, 9.17) is 5.84 Å². The molecule has 0 saturated heterocycles. The molecule has 5 nitrogen and oxygen atoms in total. The molecule has 0 bridgehead atoms. The first kappa shape index (κ1) is 11.9. The molecule has 0 amide bonds. The van der Waals surface area contributed by atoms with Gasteiger partial charge in [-0.2, -0.15) is 0 Å². The van der Waals surface area contributed by atoms with Crippen LogP contribution < -0.4 is 16.8 Å². The Morgan fingerprint density at radius 2 is 2.16 bits per heavy atom. The van der Waals surface area contributed by atoms with Crippen LogP contribution in [-0.4, -0.2) is 9.55 Å². The predicted octanol–water partition coefficient (Wildman–Crippen LogP) is 1.07. The molecule has 0 radical (unpaired) electrons. The van der Waals surface area contributed by atoms with E-state index < -0.39 is 0 Å². The van der Waals surface area contributed by atoms with Crippen LogP contribution in [0, 0.1) is 0 Å². The summed E-state index contributed by atoms with van der Waals surface area (Å²) in [4.78, 5) is 16.2. The fraction of sp³-hybridized carbons (Fsp3) is 0.286. The first-order chi connectivity index (χ1) is 9.28. The van der Waals surface area contributed by atoms with Gasteiger partial charge in [0.2, 0.25) is 0 Å². The molecular weight excluding hydrogens is 240 g/mol. The zero-order valence-corrected chi connectivity index (χ0v) is 10.6. The van der Waals surface area contributed by atoms with Gasteiger partial charge in [0.05, 0.1) is 6.54 Å². The Hall–Kier alpha value is -2.14. The molecule has 2 aromatic rings. The normalized spacial score (nSPS) is 13.3. The highest BCUT2D eigenvalue weighted by Crippen LogP contribution is 2.20. The molecule has 0 aliphatic heterocycles. The van der Waals surface area contributed by atoms with Crippen molar-refractivity contribution < 1.29 is 0 Å². The minimum atomic E-state index is 0.0571. The van der Waals surface area contributed by atoms with Crippen molar-refractivity contribution in [1.29, 1.82) is 0 Å². The molecule has 0 unspecified atom stereocenters. The fourth-order valence-corrected chi connectivity index (χ4v) is 2.59. The number of hydrazine groups is 1. The number of aromatic nitrogens is 2. The molecule has 2 heterocycles. The van der Waals surface area contributed by atoms with Gasteiger partial charge in [-0.15, -0.1) is 0 Å². The van der Waals surface area contributed by atoms with E-state index in [1.807, 2.05) is 22.8 Å². The summed E-state index contributed by atoms with van der Waals surface area (Å²) in [6, 6.07) is 7.36. The van der Waals surface area contributed by atoms with Crippen LogP contribution >= 0.6 is 0 Å². The van der Waals surface area contributed by atoms with E-state index in [0.717, 1.165) is 24.8 Å². The third-order valence-corrected chi connectivity index (χ3v) is 3.56. The molecule has 98 valence electrons. The average molecular weight is 256 g/mol. The maximum Gasteiger partial charge on any atom is 0.251 e. The smallest absolute Gasteiger partial charge is 0.251 e. The Labute approximate surface area is 111 Å². The number of nitrogens with two attached hydrogens (primary N) is 1. The van der Waals surface area contributed by atoms with Gasteiger partial charge >= 0.3 is 0 Å². The van der Waals surface area contributed by atoms with Gasteiger partial charge in [0.15, 0.2) is 0 Å². The van der Waals surface area contributed by atoms with Gasteiger partial charge in [0, 0.05) is 18.0 Å². The zero-order chi connectivity index (χ0) is 13.2. The largest absolute Gasteiger partial charge is 0.308 e. The third-order valence-electron chi connectivity index (χ3n) is 3.56. The molecule has 0 spiro atoms. The monoisotopic (exact) mass is 256 g/mol. The van der Waals surface area contributed by atoms with Gasteiger partial charge in [0.25, 0.3) is 5.56 Å². The number of nitrogens with zero attached hydrogens (tertiary/aromatic N) is 2. The highest BCUT2D eigenvalue weighted by atomic mass is 16.1. The molecule has 3 N–H and O–H groups in total. The first-order valence-corrected chi connectivity index (χ1v) is 6.41. The molecule has 0 atom stereocenters. The predicted molar refractivity (Wildman–Crippen MR) is 73.9 cm³/mol. The average Bonchev–Trinajstić information content (AvgIpc) is 2.91. The molecule has 2 aromatic heterocycles. The van der Waals surface area contributed by atoms with Crippen molar-refractivity contribution in [3.63, 3.8) is 0 Å². The van der Waals surface area contributed by atoms with Gasteiger partial charge in [-0.1, -0.05) is 12.1 Å². The zero-order valence-electron chi connectivity index (χ0n) is 10.6. The quantitative estimate of drug-likeness (QED) is 0.636. The van der Waals surface area contributed by atoms with Crippen molar-refractivity contribution in [1.82, 2.24) is 9.55 Å². The van der Waals surface area contributed by atoms with Gasteiger partial charge < -0.3 is 9.99 Å². The second kappa shape index (κ2) is 4.85. The molecule has 0 fully saturated rings. The van der Waals surface area contributed by atoms with E-state index in [1.54, 1.807) is 12.3 Å². The second-order valence-corrected chi connectivity index (χ2v) is 4.78. The lowest BCUT2D eigenvalue weighted by Gasteiger charge is -2.12. The standard InChI is InChI=1S/C14H16N4O/c15-17-13-6-4-10(8-16-13)9-18-12-3-1-2-11(12)5-7-14(18)19/h4-8H,1-3,9,15H2,(H,16,17). The summed E-state index contributed by atoms with van der Waals surface area (Å²) >= 11 is 0. The Kier molecular flexibility index (Phi) is 3.05. The number of rotatable bonds is 3. The lowest BCUT2D eigenvalue weighted by Crippen LogP contribution is -2.23. The summed E-state index contributed by atoms with van der Waals surface area (Å²) in [7, 11) is 0. The maximum absolute atomic E-state index is 12.0. The minimum Gasteiger partial charge on any atom is -0.308 e. The topological polar surface area (TPSA) is 72.9 Å². The van der Waals surface area contributed by atoms with Gasteiger partial charge in [-0.3, -0.25) is 4.79 Å². The SMILES string of the molecule is NNc1ccc(Cn2c3c(ccc2=O)CCC3)cn1. The van der Waals surface area contributed by atoms with Crippen LogP contribution in [0.25, 0.3) is 0 Å². The lowest BCUT2D eigenvalue weighted by molar-refractivity contribution is 0.705. The van der Waals surface area contributed by atoms with Crippen molar-refractivity contribution >= 4 is 5.82 Å². The Balaban J connectivity index is 1.94. The molecule has 0 aromatic carbocycles. The molecule has 3 rings (SSSR count). The van der Waals surface area contributed by atoms with Crippen LogP contribution in [0.4, 0.5) is 5.82 Å². The number of anilines is 1. The summed E-state index contributed by atoms with van der Waals surface area (Å²) < 4.78 is 1.86. The van der Waals surface area contributed by atoms with E-state index >= 15 is 0 Å². The molecule has 1 aliphatic rings. The summed E-state index contributed by atoms with van der Waals surface area (Å²) in [5.41, 5.74) is 6.02. The van der Waals surface area contributed by atoms with Crippen molar-refractivity contribution in [3.8, 4) is 0 Å². The minimum absolute atomic E-state index is 0.0571. The summed E-state index contributed by atoms with van der Waals surface area (Å²) in [5, 5.41) is 0. The molecule has 19 heavy (non-hydrogen) atoms. The van der Waals surface area contributed by atoms with E-state index in [0.29, 0.717) is 12.4 Å². The van der Waals surface area contributed by atoms with Gasteiger partial charge in [-0.05, 0) is 36.5 Å². The van der Waals surface area contributed by atoms with Gasteiger partial charge in [0.1, 0.15) is 5.82 Å². The van der Waals surface area contributed by atoms with E-state index in [-0.39, 0.29) is 5.56 Å². The van der Waals surface area contributed by atoms with Crippen molar-refractivity contribution in [2.45, 2.75) is 25.8 Å². The number of nitrogen functional groups attached to an aromatic ring is 1. The highest BCUT2D eigenvalue weighted by Gasteiger charge is 2.15. The second-order valence-electron chi connectivity index (χ2n) is 4.78. The first-order valence-electron chi connectivity index (χ1n) is 6.41. The van der Waals surface area contributed by atoms with Crippen LogP contribution in [0.2, 0.25) is 0 Å². The van der Waals surface area contributed by atoms with E-state index in [2.05, 4.69) is 10.4 Å². The molecule has 1 aliphatic carbocycles. The van der Waals surface area contributed by atoms with Crippen LogP contribution in [-0.2, 0) is 19.4 Å². The fourth-order valence-electron chi connectivity index (χ4n) is 2.59. The van der Waals surface area contributed by atoms with Crippen LogP contribution in [0.1, 0.15) is 23.2 Å². The highest BCUT2D eigenvalue weighted by molar-refractivity contribution is 5.34.